The third-order valence-corrected chi connectivity index (χ3v) is 3.61. The van der Waals surface area contributed by atoms with Gasteiger partial charge in [0.25, 0.3) is 0 Å². The lowest BCUT2D eigenvalue weighted by atomic mass is 9.98. The van der Waals surface area contributed by atoms with Crippen LogP contribution in [0.2, 0.25) is 0 Å². The molecule has 0 fully saturated rings. The van der Waals surface area contributed by atoms with Crippen molar-refractivity contribution in [3.05, 3.63) is 56.9 Å². The summed E-state index contributed by atoms with van der Waals surface area (Å²) < 4.78 is 6.55. The Hall–Kier alpha value is -1.06. The van der Waals surface area contributed by atoms with Crippen LogP contribution in [0.25, 0.3) is 0 Å². The molecule has 1 N–H and O–H groups in total. The molecule has 0 aliphatic carbocycles. The van der Waals surface area contributed by atoms with E-state index in [1.54, 1.807) is 0 Å². The van der Waals surface area contributed by atoms with Crippen LogP contribution in [0.3, 0.4) is 0 Å². The fourth-order valence-electron chi connectivity index (χ4n) is 2.02. The molecule has 17 heavy (non-hydrogen) atoms. The van der Waals surface area contributed by atoms with Gasteiger partial charge in [-0.15, -0.1) is 0 Å². The Kier molecular flexibility index (Phi) is 3.40. The first-order valence-electron chi connectivity index (χ1n) is 5.50. The second kappa shape index (κ2) is 4.67. The van der Waals surface area contributed by atoms with Crippen LogP contribution in [0, 0.1) is 20.8 Å². The topological polar surface area (TPSA) is 33.4 Å². The van der Waals surface area contributed by atoms with Crippen molar-refractivity contribution in [3.8, 4) is 0 Å². The number of hydrogen-bond donors (Lipinski definition) is 1. The second-order valence-electron chi connectivity index (χ2n) is 4.21. The van der Waals surface area contributed by atoms with Crippen molar-refractivity contribution in [1.82, 2.24) is 0 Å². The Balaban J connectivity index is 2.43. The van der Waals surface area contributed by atoms with Gasteiger partial charge >= 0.3 is 0 Å². The zero-order chi connectivity index (χ0) is 12.6. The molecule has 0 saturated heterocycles. The van der Waals surface area contributed by atoms with Gasteiger partial charge in [-0.05, 0) is 44.0 Å². The quantitative estimate of drug-likeness (QED) is 0.906. The molecule has 0 amide bonds. The van der Waals surface area contributed by atoms with E-state index in [1.807, 2.05) is 45.0 Å². The van der Waals surface area contributed by atoms with Crippen molar-refractivity contribution >= 4 is 15.9 Å². The first-order valence-corrected chi connectivity index (χ1v) is 6.30. The molecule has 0 saturated carbocycles. The number of aliphatic hydroxyl groups excluding tert-OH is 1. The third-order valence-electron chi connectivity index (χ3n) is 3.08. The number of halogens is 1. The fourth-order valence-corrected chi connectivity index (χ4v) is 2.29. The molecule has 3 heteroatoms. The molecule has 2 rings (SSSR count). The number of furan rings is 1. The number of benzene rings is 1. The van der Waals surface area contributed by atoms with E-state index in [0.29, 0.717) is 0 Å². The van der Waals surface area contributed by atoms with Gasteiger partial charge in [0, 0.05) is 10.0 Å². The third kappa shape index (κ3) is 2.31. The van der Waals surface area contributed by atoms with E-state index in [1.165, 1.54) is 0 Å². The summed E-state index contributed by atoms with van der Waals surface area (Å²) in [6.07, 6.45) is -0.624. The first kappa shape index (κ1) is 12.4. The molecule has 1 unspecified atom stereocenters. The van der Waals surface area contributed by atoms with E-state index in [2.05, 4.69) is 15.9 Å². The summed E-state index contributed by atoms with van der Waals surface area (Å²) in [5, 5.41) is 10.4. The van der Waals surface area contributed by atoms with Gasteiger partial charge in [0.05, 0.1) is 0 Å². The predicted molar refractivity (Wildman–Crippen MR) is 71.1 cm³/mol. The number of aliphatic hydroxyl groups is 1. The molecule has 0 radical (unpaired) electrons. The average Bonchev–Trinajstić information content (AvgIpc) is 2.53. The highest BCUT2D eigenvalue weighted by molar-refractivity contribution is 9.10. The second-order valence-corrected chi connectivity index (χ2v) is 5.12. The number of aryl methyl sites for hydroxylation is 2. The van der Waals surface area contributed by atoms with Crippen LogP contribution >= 0.6 is 15.9 Å². The number of rotatable bonds is 2. The molecule has 1 atom stereocenters. The monoisotopic (exact) mass is 294 g/mol. The van der Waals surface area contributed by atoms with Gasteiger partial charge in [0.2, 0.25) is 0 Å². The maximum absolute atomic E-state index is 10.4. The van der Waals surface area contributed by atoms with Gasteiger partial charge in [-0.2, -0.15) is 0 Å². The van der Waals surface area contributed by atoms with Gasteiger partial charge in [-0.3, -0.25) is 0 Å². The average molecular weight is 295 g/mol. The molecular weight excluding hydrogens is 280 g/mol. The lowest BCUT2D eigenvalue weighted by Gasteiger charge is -2.11. The molecule has 0 aliphatic heterocycles. The molecule has 2 aromatic rings. The van der Waals surface area contributed by atoms with Crippen molar-refractivity contribution in [2.75, 3.05) is 0 Å². The van der Waals surface area contributed by atoms with E-state index in [0.717, 1.165) is 32.7 Å². The molecule has 2 nitrogen and oxygen atoms in total. The van der Waals surface area contributed by atoms with Crippen LogP contribution in [0.4, 0.5) is 0 Å². The molecule has 1 aromatic carbocycles. The van der Waals surface area contributed by atoms with Crippen LogP contribution in [0.5, 0.6) is 0 Å². The van der Waals surface area contributed by atoms with Crippen LogP contribution in [0.1, 0.15) is 34.3 Å². The minimum atomic E-state index is -0.624. The molecular formula is C14H15BrO2. The zero-order valence-electron chi connectivity index (χ0n) is 10.1. The minimum absolute atomic E-state index is 0.624. The predicted octanol–water partition coefficient (Wildman–Crippen LogP) is 4.05. The normalized spacial score (nSPS) is 12.8. The van der Waals surface area contributed by atoms with Crippen molar-refractivity contribution in [2.45, 2.75) is 26.9 Å². The van der Waals surface area contributed by atoms with E-state index in [4.69, 9.17) is 4.42 Å². The lowest BCUT2D eigenvalue weighted by Crippen LogP contribution is -2.01. The minimum Gasteiger partial charge on any atom is -0.466 e. The molecule has 90 valence electrons. The summed E-state index contributed by atoms with van der Waals surface area (Å²) >= 11 is 3.38. The number of hydrogen-bond acceptors (Lipinski definition) is 2. The van der Waals surface area contributed by atoms with E-state index in [9.17, 15) is 5.11 Å². The summed E-state index contributed by atoms with van der Waals surface area (Å²) in [5.41, 5.74) is 2.78. The van der Waals surface area contributed by atoms with Gasteiger partial charge in [0.15, 0.2) is 0 Å². The van der Waals surface area contributed by atoms with Crippen LogP contribution < -0.4 is 0 Å². The maximum Gasteiger partial charge on any atom is 0.108 e. The van der Waals surface area contributed by atoms with Gasteiger partial charge in [-0.25, -0.2) is 0 Å². The summed E-state index contributed by atoms with van der Waals surface area (Å²) in [6.45, 7) is 5.78. The van der Waals surface area contributed by atoms with Gasteiger partial charge < -0.3 is 9.52 Å². The van der Waals surface area contributed by atoms with Crippen molar-refractivity contribution in [2.24, 2.45) is 0 Å². The highest BCUT2D eigenvalue weighted by Crippen LogP contribution is 2.31. The first-order chi connectivity index (χ1) is 8.00. The van der Waals surface area contributed by atoms with Crippen LogP contribution in [0.15, 0.2) is 33.2 Å². The van der Waals surface area contributed by atoms with E-state index >= 15 is 0 Å². The van der Waals surface area contributed by atoms with Crippen LogP contribution in [-0.2, 0) is 0 Å². The molecule has 1 heterocycles. The SMILES string of the molecule is Cc1oc(C)c(C(O)c2ccc(Br)cc2)c1C. The molecule has 1 aromatic heterocycles. The molecule has 0 aliphatic rings. The van der Waals surface area contributed by atoms with Crippen LogP contribution in [-0.4, -0.2) is 5.11 Å². The smallest absolute Gasteiger partial charge is 0.108 e. The van der Waals surface area contributed by atoms with Gasteiger partial charge in [0.1, 0.15) is 17.6 Å². The van der Waals surface area contributed by atoms with Crippen molar-refractivity contribution in [1.29, 1.82) is 0 Å². The van der Waals surface area contributed by atoms with E-state index in [-0.39, 0.29) is 0 Å². The highest BCUT2D eigenvalue weighted by atomic mass is 79.9. The zero-order valence-corrected chi connectivity index (χ0v) is 11.7. The standard InChI is InChI=1S/C14H15BrO2/c1-8-9(2)17-10(3)13(8)14(16)11-4-6-12(15)7-5-11/h4-7,14,16H,1-3H3. The summed E-state index contributed by atoms with van der Waals surface area (Å²) in [7, 11) is 0. The van der Waals surface area contributed by atoms with Crippen molar-refractivity contribution in [3.63, 3.8) is 0 Å². The fraction of sp³-hybridized carbons (Fsp3) is 0.286. The van der Waals surface area contributed by atoms with E-state index < -0.39 is 6.10 Å². The molecule has 0 spiro atoms. The maximum atomic E-state index is 10.4. The lowest BCUT2D eigenvalue weighted by molar-refractivity contribution is 0.217. The Morgan fingerprint density at radius 3 is 2.12 bits per heavy atom. The Bertz CT molecular complexity index is 526. The summed E-state index contributed by atoms with van der Waals surface area (Å²) in [6, 6.07) is 7.68. The summed E-state index contributed by atoms with van der Waals surface area (Å²) in [4.78, 5) is 0. The molecule has 0 bridgehead atoms. The Morgan fingerprint density at radius 2 is 1.65 bits per heavy atom. The summed E-state index contributed by atoms with van der Waals surface area (Å²) in [5.74, 6) is 1.66. The highest BCUT2D eigenvalue weighted by Gasteiger charge is 2.20. The Morgan fingerprint density at radius 1 is 1.06 bits per heavy atom. The van der Waals surface area contributed by atoms with Crippen molar-refractivity contribution < 1.29 is 9.52 Å². The largest absolute Gasteiger partial charge is 0.466 e. The Labute approximate surface area is 109 Å². The van der Waals surface area contributed by atoms with Gasteiger partial charge in [-0.1, -0.05) is 28.1 Å².